The lowest BCUT2D eigenvalue weighted by atomic mass is 9.92. The number of carbonyl (C=O) groups excluding carboxylic acids is 1. The molecule has 1 aliphatic rings. The predicted molar refractivity (Wildman–Crippen MR) is 109 cm³/mol. The number of carbonyl (C=O) groups is 1. The van der Waals surface area contributed by atoms with Crippen molar-refractivity contribution in [3.63, 3.8) is 0 Å². The van der Waals surface area contributed by atoms with E-state index in [-0.39, 0.29) is 17.8 Å². The van der Waals surface area contributed by atoms with E-state index in [0.717, 1.165) is 18.7 Å². The van der Waals surface area contributed by atoms with E-state index in [4.69, 9.17) is 4.74 Å². The van der Waals surface area contributed by atoms with Crippen LogP contribution >= 0.6 is 0 Å². The summed E-state index contributed by atoms with van der Waals surface area (Å²) >= 11 is 0. The molecule has 28 heavy (non-hydrogen) atoms. The molecule has 1 heterocycles. The summed E-state index contributed by atoms with van der Waals surface area (Å²) in [4.78, 5) is 18.5. The third-order valence-electron chi connectivity index (χ3n) is 4.97. The molecule has 1 aromatic rings. The van der Waals surface area contributed by atoms with Crippen molar-refractivity contribution in [2.45, 2.75) is 19.9 Å². The Labute approximate surface area is 166 Å². The molecule has 1 saturated heterocycles. The maximum Gasteiger partial charge on any atom is 0.227 e. The molecule has 0 radical (unpaired) electrons. The molecule has 2 rings (SSSR count). The number of aliphatic imine (C=N–C) groups is 1. The molecule has 1 fully saturated rings. The number of amides is 1. The highest BCUT2D eigenvalue weighted by Gasteiger charge is 2.27. The summed E-state index contributed by atoms with van der Waals surface area (Å²) in [5.41, 5.74) is 0.476. The summed E-state index contributed by atoms with van der Waals surface area (Å²) in [6, 6.07) is 6.68. The average Bonchev–Trinajstić information content (AvgIpc) is 2.71. The minimum Gasteiger partial charge on any atom is -0.379 e. The molecule has 7 nitrogen and oxygen atoms in total. The van der Waals surface area contributed by atoms with Crippen molar-refractivity contribution in [2.75, 3.05) is 53.5 Å². The topological polar surface area (TPSA) is 78.0 Å². The summed E-state index contributed by atoms with van der Waals surface area (Å²) in [5, 5.41) is 9.24. The molecule has 0 saturated carbocycles. The lowest BCUT2D eigenvalue weighted by molar-refractivity contribution is -0.128. The smallest absolute Gasteiger partial charge is 0.227 e. The molecule has 8 heteroatoms. The Morgan fingerprint density at radius 2 is 1.89 bits per heavy atom. The molecular formula is C20H32FN5O2. The molecule has 0 aliphatic carbocycles. The van der Waals surface area contributed by atoms with Gasteiger partial charge in [-0.05, 0) is 31.5 Å². The number of hydrogen-bond acceptors (Lipinski definition) is 4. The zero-order chi connectivity index (χ0) is 20.6. The van der Waals surface area contributed by atoms with Crippen LogP contribution in [0.2, 0.25) is 0 Å². The van der Waals surface area contributed by atoms with Gasteiger partial charge in [-0.1, -0.05) is 12.1 Å². The Morgan fingerprint density at radius 1 is 1.25 bits per heavy atom. The van der Waals surface area contributed by atoms with E-state index in [1.54, 1.807) is 14.1 Å². The van der Waals surface area contributed by atoms with Crippen LogP contribution in [0, 0.1) is 11.2 Å². The van der Waals surface area contributed by atoms with Crippen molar-refractivity contribution in [1.82, 2.24) is 20.9 Å². The van der Waals surface area contributed by atoms with Gasteiger partial charge in [0.15, 0.2) is 5.96 Å². The number of morpholine rings is 1. The Hall–Kier alpha value is -2.19. The van der Waals surface area contributed by atoms with Gasteiger partial charge < -0.3 is 20.7 Å². The molecule has 3 N–H and O–H groups in total. The van der Waals surface area contributed by atoms with Crippen LogP contribution < -0.4 is 16.0 Å². The second-order valence-corrected chi connectivity index (χ2v) is 7.49. The molecule has 1 aromatic carbocycles. The fourth-order valence-corrected chi connectivity index (χ4v) is 3.17. The molecule has 0 spiro atoms. The van der Waals surface area contributed by atoms with E-state index in [2.05, 4.69) is 25.8 Å². The molecule has 1 amide bonds. The number of halogens is 1. The molecule has 156 valence electrons. The Balaban J connectivity index is 2.02. The highest BCUT2D eigenvalue weighted by molar-refractivity contribution is 5.84. The summed E-state index contributed by atoms with van der Waals surface area (Å²) in [6.45, 7) is 7.81. The Bertz CT molecular complexity index is 657. The van der Waals surface area contributed by atoms with Crippen LogP contribution in [0.1, 0.15) is 25.5 Å². The quantitative estimate of drug-likeness (QED) is 0.478. The first-order chi connectivity index (χ1) is 13.4. The van der Waals surface area contributed by atoms with Crippen molar-refractivity contribution in [3.05, 3.63) is 35.6 Å². The number of rotatable bonds is 7. The van der Waals surface area contributed by atoms with Crippen molar-refractivity contribution < 1.29 is 13.9 Å². The van der Waals surface area contributed by atoms with Gasteiger partial charge in [0.05, 0.1) is 24.7 Å². The van der Waals surface area contributed by atoms with E-state index in [1.165, 1.54) is 12.1 Å². The molecule has 1 unspecified atom stereocenters. The lowest BCUT2D eigenvalue weighted by Gasteiger charge is -2.35. The van der Waals surface area contributed by atoms with Gasteiger partial charge in [0.2, 0.25) is 5.91 Å². The monoisotopic (exact) mass is 393 g/mol. The maximum atomic E-state index is 13.4. The van der Waals surface area contributed by atoms with E-state index in [1.807, 2.05) is 26.0 Å². The highest BCUT2D eigenvalue weighted by Crippen LogP contribution is 2.21. The van der Waals surface area contributed by atoms with Gasteiger partial charge in [-0.15, -0.1) is 0 Å². The zero-order valence-corrected chi connectivity index (χ0v) is 17.2. The highest BCUT2D eigenvalue weighted by atomic mass is 19.1. The minimum absolute atomic E-state index is 0.0343. The summed E-state index contributed by atoms with van der Waals surface area (Å²) < 4.78 is 18.8. The van der Waals surface area contributed by atoms with Crippen molar-refractivity contribution in [3.8, 4) is 0 Å². The van der Waals surface area contributed by atoms with Crippen LogP contribution in [0.4, 0.5) is 4.39 Å². The van der Waals surface area contributed by atoms with Gasteiger partial charge in [-0.2, -0.15) is 0 Å². The third-order valence-corrected chi connectivity index (χ3v) is 4.97. The van der Waals surface area contributed by atoms with Crippen LogP contribution in [0.3, 0.4) is 0 Å². The van der Waals surface area contributed by atoms with Crippen LogP contribution in [-0.4, -0.2) is 70.3 Å². The summed E-state index contributed by atoms with van der Waals surface area (Å²) in [5.74, 6) is 0.344. The van der Waals surface area contributed by atoms with Gasteiger partial charge in [0, 0.05) is 40.3 Å². The van der Waals surface area contributed by atoms with Gasteiger partial charge in [0.1, 0.15) is 5.82 Å². The molecule has 0 aromatic heterocycles. The number of nitrogens with one attached hydrogen (secondary N) is 3. The van der Waals surface area contributed by atoms with E-state index in [9.17, 15) is 9.18 Å². The Morgan fingerprint density at radius 3 is 2.46 bits per heavy atom. The first-order valence-corrected chi connectivity index (χ1v) is 9.61. The van der Waals surface area contributed by atoms with E-state index >= 15 is 0 Å². The van der Waals surface area contributed by atoms with Gasteiger partial charge in [-0.3, -0.25) is 14.7 Å². The van der Waals surface area contributed by atoms with Crippen LogP contribution in [0.25, 0.3) is 0 Å². The zero-order valence-electron chi connectivity index (χ0n) is 17.2. The second kappa shape index (κ2) is 10.4. The van der Waals surface area contributed by atoms with E-state index < -0.39 is 5.41 Å². The Kier molecular flexibility index (Phi) is 8.19. The molecular weight excluding hydrogens is 361 g/mol. The van der Waals surface area contributed by atoms with Crippen LogP contribution in [0.15, 0.2) is 29.3 Å². The summed E-state index contributed by atoms with van der Waals surface area (Å²) in [7, 11) is 3.33. The standard InChI is InChI=1S/C20H32FN5O2/c1-20(2,18(27)22-3)14-25-19(23-4)24-13-17(26-9-11-28-12-10-26)15-5-7-16(21)8-6-15/h5-8,17H,9-14H2,1-4H3,(H,22,27)(H2,23,24,25). The van der Waals surface area contributed by atoms with Gasteiger partial charge in [-0.25, -0.2) is 4.39 Å². The lowest BCUT2D eigenvalue weighted by Crippen LogP contribution is -2.49. The second-order valence-electron chi connectivity index (χ2n) is 7.49. The normalized spacial score (nSPS) is 17.1. The third kappa shape index (κ3) is 6.17. The average molecular weight is 394 g/mol. The largest absolute Gasteiger partial charge is 0.379 e. The van der Waals surface area contributed by atoms with Gasteiger partial charge >= 0.3 is 0 Å². The molecule has 1 aliphatic heterocycles. The van der Waals surface area contributed by atoms with Crippen molar-refractivity contribution >= 4 is 11.9 Å². The number of nitrogens with zero attached hydrogens (tertiary/aromatic N) is 2. The van der Waals surface area contributed by atoms with Crippen molar-refractivity contribution in [1.29, 1.82) is 0 Å². The first-order valence-electron chi connectivity index (χ1n) is 9.61. The molecule has 0 bridgehead atoms. The maximum absolute atomic E-state index is 13.4. The van der Waals surface area contributed by atoms with Gasteiger partial charge in [0.25, 0.3) is 0 Å². The van der Waals surface area contributed by atoms with Crippen LogP contribution in [-0.2, 0) is 9.53 Å². The van der Waals surface area contributed by atoms with Crippen molar-refractivity contribution in [2.24, 2.45) is 10.4 Å². The number of benzene rings is 1. The fourth-order valence-electron chi connectivity index (χ4n) is 3.17. The number of guanidine groups is 1. The SMILES string of the molecule is CN=C(NCC(c1ccc(F)cc1)N1CCOCC1)NCC(C)(C)C(=O)NC. The minimum atomic E-state index is -0.563. The van der Waals surface area contributed by atoms with E-state index in [0.29, 0.717) is 32.3 Å². The predicted octanol–water partition coefficient (Wildman–Crippen LogP) is 1.14. The summed E-state index contributed by atoms with van der Waals surface area (Å²) in [6.07, 6.45) is 0. The fraction of sp³-hybridized carbons (Fsp3) is 0.600. The van der Waals surface area contributed by atoms with Crippen LogP contribution in [0.5, 0.6) is 0 Å². The first kappa shape index (κ1) is 22.1. The number of ether oxygens (including phenoxy) is 1. The number of hydrogen-bond donors (Lipinski definition) is 3. The molecule has 1 atom stereocenters.